The molecule has 13 heteroatoms. The monoisotopic (exact) mass is 560 g/mol. The number of unbranched alkanes of at least 4 members (excludes halogenated alkanes) is 3. The lowest BCUT2D eigenvalue weighted by Gasteiger charge is -2.10. The molecule has 0 saturated heterocycles. The minimum atomic E-state index is -0.337. The molecule has 0 spiro atoms. The molecule has 6 N–H and O–H groups in total. The van der Waals surface area contributed by atoms with E-state index in [0.717, 1.165) is 44.3 Å². The number of thiazole rings is 1. The average Bonchev–Trinajstić information content (AvgIpc) is 3.35. The summed E-state index contributed by atoms with van der Waals surface area (Å²) in [6.45, 7) is 6.04. The van der Waals surface area contributed by atoms with Gasteiger partial charge in [-0.25, -0.2) is 20.4 Å². The Morgan fingerprint density at radius 2 is 1.82 bits per heavy atom. The van der Waals surface area contributed by atoms with Crippen LogP contribution in [0.15, 0.2) is 30.5 Å². The van der Waals surface area contributed by atoms with E-state index in [0.29, 0.717) is 51.1 Å². The van der Waals surface area contributed by atoms with Gasteiger partial charge in [0.1, 0.15) is 22.3 Å². The van der Waals surface area contributed by atoms with Crippen molar-refractivity contribution < 1.29 is 14.8 Å². The third-order valence-corrected chi connectivity index (χ3v) is 6.73. The van der Waals surface area contributed by atoms with Crippen molar-refractivity contribution >= 4 is 57.2 Å². The zero-order chi connectivity index (χ0) is 27.3. The summed E-state index contributed by atoms with van der Waals surface area (Å²) in [4.78, 5) is 37.2. The third-order valence-electron chi connectivity index (χ3n) is 5.50. The van der Waals surface area contributed by atoms with Crippen LogP contribution < -0.4 is 26.7 Å². The fourth-order valence-corrected chi connectivity index (χ4v) is 4.57. The van der Waals surface area contributed by atoms with Gasteiger partial charge in [0.15, 0.2) is 5.13 Å². The fraction of sp³-hybridized carbons (Fsp3) is 0.400. The van der Waals surface area contributed by atoms with Crippen LogP contribution in [0.5, 0.6) is 0 Å². The van der Waals surface area contributed by atoms with Gasteiger partial charge >= 0.3 is 0 Å². The number of para-hydroxylation sites is 1. The van der Waals surface area contributed by atoms with Crippen LogP contribution in [-0.2, 0) is 4.79 Å². The number of hydrogen-bond acceptors (Lipinski definition) is 10. The van der Waals surface area contributed by atoms with Gasteiger partial charge in [0.2, 0.25) is 5.91 Å². The molecule has 204 valence electrons. The number of benzene rings is 1. The van der Waals surface area contributed by atoms with E-state index in [2.05, 4.69) is 36.2 Å². The van der Waals surface area contributed by atoms with E-state index in [9.17, 15) is 9.59 Å². The van der Waals surface area contributed by atoms with Gasteiger partial charge in [0.25, 0.3) is 5.91 Å². The number of anilines is 4. The average molecular weight is 561 g/mol. The molecule has 38 heavy (non-hydrogen) atoms. The van der Waals surface area contributed by atoms with Crippen molar-refractivity contribution in [3.63, 3.8) is 0 Å². The van der Waals surface area contributed by atoms with Crippen molar-refractivity contribution in [3.8, 4) is 0 Å². The van der Waals surface area contributed by atoms with Crippen molar-refractivity contribution in [2.45, 2.75) is 46.0 Å². The fourth-order valence-electron chi connectivity index (χ4n) is 3.58. The van der Waals surface area contributed by atoms with Gasteiger partial charge in [-0.3, -0.25) is 14.8 Å². The number of carbonyl (C=O) groups is 2. The van der Waals surface area contributed by atoms with Gasteiger partial charge < -0.3 is 21.3 Å². The number of nitrogens with one attached hydrogen (secondary N) is 5. The van der Waals surface area contributed by atoms with Crippen molar-refractivity contribution in [2.75, 3.05) is 35.6 Å². The summed E-state index contributed by atoms with van der Waals surface area (Å²) in [7, 11) is 0. The molecule has 1 aromatic carbocycles. The van der Waals surface area contributed by atoms with Gasteiger partial charge in [-0.05, 0) is 44.9 Å². The van der Waals surface area contributed by atoms with Crippen molar-refractivity contribution in [3.05, 3.63) is 51.7 Å². The van der Waals surface area contributed by atoms with Crippen LogP contribution in [0.1, 0.15) is 53.2 Å². The summed E-state index contributed by atoms with van der Waals surface area (Å²) < 4.78 is 0. The largest absolute Gasteiger partial charge is 0.369 e. The topological polar surface area (TPSA) is 153 Å². The molecule has 3 aromatic rings. The van der Waals surface area contributed by atoms with Gasteiger partial charge in [-0.2, -0.15) is 0 Å². The molecule has 0 fully saturated rings. The van der Waals surface area contributed by atoms with Crippen LogP contribution in [-0.4, -0.2) is 51.6 Å². The number of carbonyl (C=O) groups excluding carboxylic acids is 2. The molecular formula is C25H33ClN8O3S. The number of nitrogens with zero attached hydrogens (tertiary/aromatic N) is 3. The Bertz CT molecular complexity index is 1200. The number of aromatic nitrogens is 3. The zero-order valence-electron chi connectivity index (χ0n) is 21.4. The first kappa shape index (κ1) is 29.2. The Morgan fingerprint density at radius 3 is 2.61 bits per heavy atom. The van der Waals surface area contributed by atoms with Crippen molar-refractivity contribution in [2.24, 2.45) is 0 Å². The SMILES string of the molecule is Cc1nc(NCCNCCCCCCC(=O)NO)cc(Nc2ncc(C(=O)Nc3c(C)cccc3Cl)s2)n1. The molecule has 0 atom stereocenters. The number of amides is 2. The first-order valence-corrected chi connectivity index (χ1v) is 13.6. The first-order chi connectivity index (χ1) is 18.4. The maximum absolute atomic E-state index is 12.7. The lowest BCUT2D eigenvalue weighted by molar-refractivity contribution is -0.129. The maximum Gasteiger partial charge on any atom is 0.267 e. The quantitative estimate of drug-likeness (QED) is 0.0884. The number of halogens is 1. The molecule has 11 nitrogen and oxygen atoms in total. The van der Waals surface area contributed by atoms with Crippen molar-refractivity contribution in [1.82, 2.24) is 25.7 Å². The van der Waals surface area contributed by atoms with Crippen LogP contribution in [0.2, 0.25) is 5.02 Å². The van der Waals surface area contributed by atoms with Gasteiger partial charge in [-0.1, -0.05) is 47.9 Å². The standard InChI is InChI=1S/C25H33ClN8O3S/c1-16-8-7-9-18(26)23(16)33-24(36)19-15-29-25(38-19)32-21-14-20(30-17(2)31-21)28-13-12-27-11-6-4-3-5-10-22(35)34-37/h7-9,14-15,27,37H,3-6,10-13H2,1-2H3,(H,33,36)(H,34,35)(H2,28,29,30,31,32). The minimum Gasteiger partial charge on any atom is -0.369 e. The van der Waals surface area contributed by atoms with Crippen LogP contribution in [0.4, 0.5) is 22.5 Å². The smallest absolute Gasteiger partial charge is 0.267 e. The van der Waals surface area contributed by atoms with E-state index in [-0.39, 0.29) is 11.8 Å². The lowest BCUT2D eigenvalue weighted by atomic mass is 10.1. The predicted molar refractivity (Wildman–Crippen MR) is 151 cm³/mol. The summed E-state index contributed by atoms with van der Waals surface area (Å²) in [6, 6.07) is 7.24. The van der Waals surface area contributed by atoms with Gasteiger partial charge in [0.05, 0.1) is 16.9 Å². The van der Waals surface area contributed by atoms with E-state index in [1.54, 1.807) is 17.6 Å². The molecule has 0 saturated carbocycles. The van der Waals surface area contributed by atoms with Crippen LogP contribution >= 0.6 is 22.9 Å². The molecule has 0 aliphatic rings. The van der Waals surface area contributed by atoms with Gasteiger partial charge in [0, 0.05) is 25.6 Å². The minimum absolute atomic E-state index is 0.283. The highest BCUT2D eigenvalue weighted by Gasteiger charge is 2.14. The molecule has 0 radical (unpaired) electrons. The summed E-state index contributed by atoms with van der Waals surface area (Å²) in [5, 5.41) is 22.2. The number of rotatable bonds is 15. The molecule has 2 amide bonds. The first-order valence-electron chi connectivity index (χ1n) is 12.4. The molecule has 0 bridgehead atoms. The Labute approximate surface area is 230 Å². The maximum atomic E-state index is 12.7. The summed E-state index contributed by atoms with van der Waals surface area (Å²) >= 11 is 7.44. The van der Waals surface area contributed by atoms with E-state index >= 15 is 0 Å². The summed E-state index contributed by atoms with van der Waals surface area (Å²) in [5.41, 5.74) is 3.11. The number of hydrogen-bond donors (Lipinski definition) is 6. The van der Waals surface area contributed by atoms with Crippen molar-refractivity contribution in [1.29, 1.82) is 0 Å². The van der Waals surface area contributed by atoms with Crippen LogP contribution in [0, 0.1) is 13.8 Å². The Morgan fingerprint density at radius 1 is 1.03 bits per heavy atom. The second-order valence-corrected chi connectivity index (χ2v) is 10.0. The Balaban J connectivity index is 1.42. The molecule has 2 heterocycles. The third kappa shape index (κ3) is 9.53. The molecule has 0 aliphatic carbocycles. The van der Waals surface area contributed by atoms with E-state index in [1.165, 1.54) is 17.5 Å². The normalized spacial score (nSPS) is 10.7. The highest BCUT2D eigenvalue weighted by atomic mass is 35.5. The van der Waals surface area contributed by atoms with Gasteiger partial charge in [-0.15, -0.1) is 0 Å². The van der Waals surface area contributed by atoms with E-state index in [4.69, 9.17) is 16.8 Å². The predicted octanol–water partition coefficient (Wildman–Crippen LogP) is 4.66. The van der Waals surface area contributed by atoms with E-state index in [1.807, 2.05) is 26.0 Å². The summed E-state index contributed by atoms with van der Waals surface area (Å²) in [6.07, 6.45) is 5.64. The molecule has 3 rings (SSSR count). The molecular weight excluding hydrogens is 528 g/mol. The lowest BCUT2D eigenvalue weighted by Crippen LogP contribution is -2.23. The summed E-state index contributed by atoms with van der Waals surface area (Å²) in [5.74, 6) is 1.24. The highest BCUT2D eigenvalue weighted by Crippen LogP contribution is 2.28. The Hall–Kier alpha value is -3.32. The molecule has 0 unspecified atom stereocenters. The Kier molecular flexibility index (Phi) is 11.7. The van der Waals surface area contributed by atoms with Crippen LogP contribution in [0.25, 0.3) is 0 Å². The number of aryl methyl sites for hydroxylation is 2. The van der Waals surface area contributed by atoms with E-state index < -0.39 is 0 Å². The highest BCUT2D eigenvalue weighted by molar-refractivity contribution is 7.17. The second kappa shape index (κ2) is 15.2. The molecule has 2 aromatic heterocycles. The second-order valence-electron chi connectivity index (χ2n) is 8.60. The molecule has 0 aliphatic heterocycles. The zero-order valence-corrected chi connectivity index (χ0v) is 23.0. The van der Waals surface area contributed by atoms with Crippen LogP contribution in [0.3, 0.4) is 0 Å². The number of hydroxylamine groups is 1.